The van der Waals surface area contributed by atoms with Crippen molar-refractivity contribution < 1.29 is 0 Å². The van der Waals surface area contributed by atoms with Gasteiger partial charge in [0.1, 0.15) is 5.82 Å². The Balaban J connectivity index is 1.41. The van der Waals surface area contributed by atoms with Crippen molar-refractivity contribution in [1.29, 1.82) is 0 Å². The lowest BCUT2D eigenvalue weighted by atomic mass is 9.62. The maximum absolute atomic E-state index is 4.67. The van der Waals surface area contributed by atoms with Crippen molar-refractivity contribution in [3.05, 3.63) is 54.4 Å². The highest BCUT2D eigenvalue weighted by molar-refractivity contribution is 5.89. The van der Waals surface area contributed by atoms with Crippen molar-refractivity contribution in [3.8, 4) is 0 Å². The molecule has 5 rings (SSSR count). The summed E-state index contributed by atoms with van der Waals surface area (Å²) in [5.74, 6) is 1.65. The third kappa shape index (κ3) is 3.06. The minimum atomic E-state index is 0.477. The highest BCUT2D eigenvalue weighted by Crippen LogP contribution is 2.45. The van der Waals surface area contributed by atoms with E-state index in [0.29, 0.717) is 17.4 Å². The topological polar surface area (TPSA) is 72.1 Å². The van der Waals surface area contributed by atoms with Gasteiger partial charge in [-0.3, -0.25) is 0 Å². The predicted molar refractivity (Wildman–Crippen MR) is 116 cm³/mol. The molecule has 0 radical (unpaired) electrons. The summed E-state index contributed by atoms with van der Waals surface area (Å²) in [6.45, 7) is 10.5. The van der Waals surface area contributed by atoms with Gasteiger partial charge in [-0.05, 0) is 37.7 Å². The van der Waals surface area contributed by atoms with Crippen LogP contribution in [0.15, 0.2) is 37.3 Å². The van der Waals surface area contributed by atoms with E-state index in [1.165, 1.54) is 18.5 Å². The molecular formula is C22H27N7. The van der Waals surface area contributed by atoms with E-state index in [1.54, 1.807) is 0 Å². The van der Waals surface area contributed by atoms with E-state index >= 15 is 0 Å². The zero-order chi connectivity index (χ0) is 20.0. The third-order valence-corrected chi connectivity index (χ3v) is 6.33. The molecular weight excluding hydrogens is 362 g/mol. The number of allylic oxidation sites excluding steroid dienone is 2. The van der Waals surface area contributed by atoms with Crippen molar-refractivity contribution in [3.63, 3.8) is 0 Å². The zero-order valence-electron chi connectivity index (χ0n) is 17.0. The molecule has 0 aromatic carbocycles. The lowest BCUT2D eigenvalue weighted by molar-refractivity contribution is 0.0467. The fourth-order valence-electron chi connectivity index (χ4n) is 4.56. The Morgan fingerprint density at radius 3 is 2.86 bits per heavy atom. The van der Waals surface area contributed by atoms with E-state index in [0.717, 1.165) is 42.0 Å². The second kappa shape index (κ2) is 6.84. The Kier molecular flexibility index (Phi) is 4.28. The van der Waals surface area contributed by atoms with Crippen LogP contribution in [0.25, 0.3) is 17.3 Å². The molecule has 29 heavy (non-hydrogen) atoms. The second-order valence-electron chi connectivity index (χ2n) is 8.30. The first kappa shape index (κ1) is 18.1. The maximum atomic E-state index is 4.67. The normalized spacial score (nSPS) is 18.6. The second-order valence-corrected chi connectivity index (χ2v) is 8.30. The lowest BCUT2D eigenvalue weighted by Gasteiger charge is -2.54. The van der Waals surface area contributed by atoms with Crippen molar-refractivity contribution in [1.82, 2.24) is 29.5 Å². The number of hydrogen-bond acceptors (Lipinski definition) is 5. The van der Waals surface area contributed by atoms with Crippen LogP contribution in [0.5, 0.6) is 0 Å². The fraction of sp³-hybridized carbons (Fsp3) is 0.409. The standard InChI is InChI=1S/C22H27N7/c1-4-16(12-28-15(3)24-10-18(28)5-2)19-6-7-29-20(19)11-25-21(27-29)26-17-8-22(9-17)13-23-14-22/h4,6-7,10-12,17,23H,1,5,8-9,13-14H2,2-3H3,(H,26,27)/b16-12+. The van der Waals surface area contributed by atoms with Crippen LogP contribution in [-0.4, -0.2) is 43.3 Å². The van der Waals surface area contributed by atoms with Crippen molar-refractivity contribution >= 4 is 23.2 Å². The van der Waals surface area contributed by atoms with Crippen LogP contribution in [0.4, 0.5) is 5.95 Å². The minimum absolute atomic E-state index is 0.477. The van der Waals surface area contributed by atoms with Crippen LogP contribution in [0.1, 0.15) is 36.8 Å². The molecule has 1 saturated heterocycles. The molecule has 0 amide bonds. The molecule has 2 aliphatic rings. The summed E-state index contributed by atoms with van der Waals surface area (Å²) in [7, 11) is 0. The molecule has 1 aliphatic heterocycles. The van der Waals surface area contributed by atoms with Gasteiger partial charge in [0.15, 0.2) is 0 Å². The van der Waals surface area contributed by atoms with Crippen LogP contribution in [0, 0.1) is 12.3 Å². The lowest BCUT2D eigenvalue weighted by Crippen LogP contribution is -2.63. The predicted octanol–water partition coefficient (Wildman–Crippen LogP) is 3.14. The van der Waals surface area contributed by atoms with Crippen molar-refractivity contribution in [2.75, 3.05) is 18.4 Å². The molecule has 3 aromatic rings. The first-order valence-electron chi connectivity index (χ1n) is 10.3. The van der Waals surface area contributed by atoms with Gasteiger partial charge in [0.05, 0.1) is 11.7 Å². The Labute approximate surface area is 170 Å². The van der Waals surface area contributed by atoms with Gasteiger partial charge in [-0.15, -0.1) is 5.10 Å². The van der Waals surface area contributed by atoms with Gasteiger partial charge < -0.3 is 15.2 Å². The van der Waals surface area contributed by atoms with Gasteiger partial charge in [0.25, 0.3) is 0 Å². The van der Waals surface area contributed by atoms with Gasteiger partial charge in [0, 0.05) is 54.6 Å². The van der Waals surface area contributed by atoms with Gasteiger partial charge in [-0.1, -0.05) is 19.6 Å². The third-order valence-electron chi connectivity index (χ3n) is 6.33. The number of hydrogen-bond donors (Lipinski definition) is 2. The fourth-order valence-corrected chi connectivity index (χ4v) is 4.56. The summed E-state index contributed by atoms with van der Waals surface area (Å²) in [6, 6.07) is 2.54. The number of aryl methyl sites for hydroxylation is 2. The van der Waals surface area contributed by atoms with Crippen molar-refractivity contribution in [2.24, 2.45) is 5.41 Å². The van der Waals surface area contributed by atoms with E-state index in [1.807, 2.05) is 36.1 Å². The van der Waals surface area contributed by atoms with E-state index in [4.69, 9.17) is 0 Å². The Morgan fingerprint density at radius 2 is 2.17 bits per heavy atom. The highest BCUT2D eigenvalue weighted by atomic mass is 15.3. The number of imidazole rings is 1. The summed E-state index contributed by atoms with van der Waals surface area (Å²) in [4.78, 5) is 9.01. The SMILES string of the molecule is C=C/C(=C\n1c(CC)cnc1C)c1ccn2nc(NC3CC4(CNC4)C3)ncc12. The average molecular weight is 390 g/mol. The molecule has 150 valence electrons. The number of rotatable bonds is 6. The molecule has 1 saturated carbocycles. The molecule has 1 spiro atoms. The molecule has 3 aromatic heterocycles. The van der Waals surface area contributed by atoms with Gasteiger partial charge in [-0.25, -0.2) is 14.5 Å². The number of aromatic nitrogens is 5. The zero-order valence-corrected chi connectivity index (χ0v) is 17.0. The van der Waals surface area contributed by atoms with E-state index < -0.39 is 0 Å². The number of anilines is 1. The first-order chi connectivity index (χ1) is 14.1. The van der Waals surface area contributed by atoms with E-state index in [2.05, 4.69) is 56.0 Å². The van der Waals surface area contributed by atoms with Crippen LogP contribution in [0.3, 0.4) is 0 Å². The van der Waals surface area contributed by atoms with Crippen LogP contribution in [0.2, 0.25) is 0 Å². The van der Waals surface area contributed by atoms with E-state index in [-0.39, 0.29) is 0 Å². The summed E-state index contributed by atoms with van der Waals surface area (Å²) in [6.07, 6.45) is 13.1. The van der Waals surface area contributed by atoms with Crippen molar-refractivity contribution in [2.45, 2.75) is 39.2 Å². The summed E-state index contributed by atoms with van der Waals surface area (Å²) < 4.78 is 4.02. The summed E-state index contributed by atoms with van der Waals surface area (Å²) in [5, 5.41) is 11.5. The van der Waals surface area contributed by atoms with E-state index in [9.17, 15) is 0 Å². The van der Waals surface area contributed by atoms with Crippen LogP contribution < -0.4 is 10.6 Å². The first-order valence-corrected chi connectivity index (χ1v) is 10.3. The molecule has 7 heteroatoms. The molecule has 0 bridgehead atoms. The Bertz CT molecular complexity index is 1090. The molecule has 0 unspecified atom stereocenters. The Hall–Kier alpha value is -2.93. The molecule has 0 atom stereocenters. The average Bonchev–Trinajstić information content (AvgIpc) is 3.23. The maximum Gasteiger partial charge on any atom is 0.241 e. The van der Waals surface area contributed by atoms with Gasteiger partial charge >= 0.3 is 0 Å². The smallest absolute Gasteiger partial charge is 0.241 e. The number of nitrogens with one attached hydrogen (secondary N) is 2. The van der Waals surface area contributed by atoms with Crippen LogP contribution in [-0.2, 0) is 6.42 Å². The van der Waals surface area contributed by atoms with Gasteiger partial charge in [0.2, 0.25) is 5.95 Å². The molecule has 1 aliphatic carbocycles. The largest absolute Gasteiger partial charge is 0.350 e. The molecule has 7 nitrogen and oxygen atoms in total. The minimum Gasteiger partial charge on any atom is -0.350 e. The number of fused-ring (bicyclic) bond motifs is 1. The van der Waals surface area contributed by atoms with Gasteiger partial charge in [-0.2, -0.15) is 0 Å². The highest BCUT2D eigenvalue weighted by Gasteiger charge is 2.48. The monoisotopic (exact) mass is 389 g/mol. The summed E-state index contributed by atoms with van der Waals surface area (Å²) in [5.41, 5.74) is 4.75. The number of nitrogens with zero attached hydrogens (tertiary/aromatic N) is 5. The Morgan fingerprint density at radius 1 is 1.34 bits per heavy atom. The molecule has 2 fully saturated rings. The summed E-state index contributed by atoms with van der Waals surface area (Å²) >= 11 is 0. The molecule has 4 heterocycles. The van der Waals surface area contributed by atoms with Crippen LogP contribution >= 0.6 is 0 Å². The quantitative estimate of drug-likeness (QED) is 0.634. The molecule has 2 N–H and O–H groups in total.